The number of rotatable bonds is 9. The lowest BCUT2D eigenvalue weighted by Gasteiger charge is -2.43. The highest BCUT2D eigenvalue weighted by atomic mass is 28.4. The summed E-state index contributed by atoms with van der Waals surface area (Å²) in [7, 11) is -2.78. The average molecular weight is 545 g/mol. The molecule has 0 unspecified atom stereocenters. The molecule has 0 aliphatic carbocycles. The molecule has 6 heteroatoms. The monoisotopic (exact) mass is 544 g/mol. The lowest BCUT2D eigenvalue weighted by molar-refractivity contribution is -0.299. The molecule has 0 radical (unpaired) electrons. The maximum absolute atomic E-state index is 7.26. The molecule has 5 nitrogen and oxygen atoms in total. The van der Waals surface area contributed by atoms with E-state index >= 15 is 0 Å². The van der Waals surface area contributed by atoms with E-state index < -0.39 is 32.1 Å². The molecule has 0 aromatic heterocycles. The molecule has 4 atom stereocenters. The molecular weight excluding hydrogens is 504 g/mol. The molecule has 3 aromatic carbocycles. The van der Waals surface area contributed by atoms with Crippen LogP contribution in [0.15, 0.2) is 104 Å². The minimum absolute atomic E-state index is 0.157. The zero-order valence-corrected chi connectivity index (χ0v) is 24.6. The second-order valence-electron chi connectivity index (χ2n) is 11.8. The first-order valence-corrected chi connectivity index (χ1v) is 15.6. The molecule has 2 aliphatic rings. The van der Waals surface area contributed by atoms with Gasteiger partial charge in [0.05, 0.1) is 13.2 Å². The van der Waals surface area contributed by atoms with Crippen molar-refractivity contribution < 1.29 is 23.4 Å². The van der Waals surface area contributed by atoms with Crippen LogP contribution >= 0.6 is 0 Å². The van der Waals surface area contributed by atoms with Crippen molar-refractivity contribution in [1.29, 1.82) is 0 Å². The Labute approximate surface area is 233 Å². The standard InChI is InChI=1S/C33H40O5Si/c1-7-23-34-33(25-17-11-8-12-18-25)30-29(37-32(5,6)38-30)28(36-33)24-35-39(31(2,3)4,26-19-13-9-14-20-26)27-21-15-10-16-22-27/h7-22,28-30H,1,23-24H2,2-6H3/t28-,29-,30-,33+/m1/s1. The Bertz CT molecular complexity index is 1200. The van der Waals surface area contributed by atoms with Gasteiger partial charge in [-0.3, -0.25) is 0 Å². The van der Waals surface area contributed by atoms with Crippen LogP contribution in [0.3, 0.4) is 0 Å². The van der Waals surface area contributed by atoms with Crippen molar-refractivity contribution in [2.75, 3.05) is 13.2 Å². The first-order valence-electron chi connectivity index (χ1n) is 13.7. The predicted molar refractivity (Wildman–Crippen MR) is 157 cm³/mol. The van der Waals surface area contributed by atoms with Gasteiger partial charge in [-0.1, -0.05) is 118 Å². The van der Waals surface area contributed by atoms with Gasteiger partial charge in [-0.25, -0.2) is 0 Å². The fourth-order valence-corrected chi connectivity index (χ4v) is 10.7. The first kappa shape index (κ1) is 28.0. The summed E-state index contributed by atoms with van der Waals surface area (Å²) in [4.78, 5) is 0. The molecule has 0 amide bonds. The van der Waals surface area contributed by atoms with Crippen LogP contribution < -0.4 is 10.4 Å². The van der Waals surface area contributed by atoms with Crippen molar-refractivity contribution in [3.8, 4) is 0 Å². The van der Waals surface area contributed by atoms with Crippen molar-refractivity contribution in [3.63, 3.8) is 0 Å². The Balaban J connectivity index is 1.56. The van der Waals surface area contributed by atoms with Gasteiger partial charge in [-0.05, 0) is 29.3 Å². The van der Waals surface area contributed by atoms with Gasteiger partial charge in [0.2, 0.25) is 5.79 Å². The van der Waals surface area contributed by atoms with Gasteiger partial charge in [0, 0.05) is 5.56 Å². The topological polar surface area (TPSA) is 46.2 Å². The van der Waals surface area contributed by atoms with Gasteiger partial charge >= 0.3 is 0 Å². The molecule has 2 saturated heterocycles. The number of hydrogen-bond acceptors (Lipinski definition) is 5. The summed E-state index contributed by atoms with van der Waals surface area (Å²) < 4.78 is 33.5. The summed E-state index contributed by atoms with van der Waals surface area (Å²) in [6.07, 6.45) is 0.477. The fraction of sp³-hybridized carbons (Fsp3) is 0.394. The maximum Gasteiger partial charge on any atom is 0.261 e. The zero-order chi connectivity index (χ0) is 27.7. The molecule has 0 bridgehead atoms. The average Bonchev–Trinajstić information content (AvgIpc) is 3.40. The SMILES string of the molecule is C=CCO[C@@]1(c2ccccc2)O[C@H](CO[Si](c2ccccc2)(c2ccccc2)C(C)(C)C)[C@H]2OC(C)(C)O[C@H]21. The Morgan fingerprint density at radius 3 is 1.87 bits per heavy atom. The Kier molecular flexibility index (Phi) is 7.72. The van der Waals surface area contributed by atoms with Crippen molar-refractivity contribution in [2.45, 2.75) is 69.5 Å². The van der Waals surface area contributed by atoms with Gasteiger partial charge < -0.3 is 23.4 Å². The summed E-state index contributed by atoms with van der Waals surface area (Å²) in [5.41, 5.74) is 0.885. The van der Waals surface area contributed by atoms with Crippen LogP contribution in [0.1, 0.15) is 40.2 Å². The Hall–Kier alpha value is -2.58. The molecular formula is C33H40O5Si. The summed E-state index contributed by atoms with van der Waals surface area (Å²) in [5.74, 6) is -1.93. The third kappa shape index (κ3) is 5.06. The van der Waals surface area contributed by atoms with Crippen LogP contribution in [-0.4, -0.2) is 45.6 Å². The molecule has 2 aliphatic heterocycles. The van der Waals surface area contributed by atoms with E-state index in [1.807, 2.05) is 44.2 Å². The summed E-state index contributed by atoms with van der Waals surface area (Å²) in [6.45, 7) is 15.2. The fourth-order valence-electron chi connectivity index (χ4n) is 6.10. The van der Waals surface area contributed by atoms with Crippen molar-refractivity contribution >= 4 is 18.7 Å². The van der Waals surface area contributed by atoms with E-state index in [4.69, 9.17) is 23.4 Å². The van der Waals surface area contributed by atoms with Gasteiger partial charge in [-0.15, -0.1) is 6.58 Å². The van der Waals surface area contributed by atoms with Gasteiger partial charge in [0.15, 0.2) is 5.79 Å². The van der Waals surface area contributed by atoms with Crippen LogP contribution in [0.5, 0.6) is 0 Å². The minimum atomic E-state index is -2.78. The van der Waals surface area contributed by atoms with E-state index in [9.17, 15) is 0 Å². The Morgan fingerprint density at radius 1 is 0.821 bits per heavy atom. The van der Waals surface area contributed by atoms with E-state index in [-0.39, 0.29) is 11.1 Å². The predicted octanol–water partition coefficient (Wildman–Crippen LogP) is 5.54. The molecule has 0 saturated carbocycles. The molecule has 3 aromatic rings. The lowest BCUT2D eigenvalue weighted by Crippen LogP contribution is -2.67. The maximum atomic E-state index is 7.26. The minimum Gasteiger partial charge on any atom is -0.405 e. The van der Waals surface area contributed by atoms with Crippen LogP contribution in [0.2, 0.25) is 5.04 Å². The second kappa shape index (κ2) is 10.8. The van der Waals surface area contributed by atoms with Gasteiger partial charge in [0.1, 0.15) is 18.3 Å². The number of benzene rings is 3. The van der Waals surface area contributed by atoms with E-state index in [0.717, 1.165) is 5.56 Å². The quantitative estimate of drug-likeness (QED) is 0.262. The highest BCUT2D eigenvalue weighted by Gasteiger charge is 2.65. The van der Waals surface area contributed by atoms with Crippen LogP contribution in [0, 0.1) is 0 Å². The van der Waals surface area contributed by atoms with E-state index in [2.05, 4.69) is 88.0 Å². The summed E-state index contributed by atoms with van der Waals surface area (Å²) in [6, 6.07) is 31.3. The van der Waals surface area contributed by atoms with Crippen molar-refractivity contribution in [1.82, 2.24) is 0 Å². The largest absolute Gasteiger partial charge is 0.405 e. The molecule has 206 valence electrons. The van der Waals surface area contributed by atoms with Crippen LogP contribution in [0.25, 0.3) is 0 Å². The highest BCUT2D eigenvalue weighted by molar-refractivity contribution is 6.99. The van der Waals surface area contributed by atoms with E-state index in [1.54, 1.807) is 6.08 Å². The second-order valence-corrected chi connectivity index (χ2v) is 16.1. The number of hydrogen-bond donors (Lipinski definition) is 0. The van der Waals surface area contributed by atoms with Gasteiger partial charge in [-0.2, -0.15) is 0 Å². The first-order chi connectivity index (χ1) is 18.6. The highest BCUT2D eigenvalue weighted by Crippen LogP contribution is 2.50. The molecule has 39 heavy (non-hydrogen) atoms. The zero-order valence-electron chi connectivity index (χ0n) is 23.6. The third-order valence-electron chi connectivity index (χ3n) is 7.67. The summed E-state index contributed by atoms with van der Waals surface area (Å²) in [5, 5.41) is 2.29. The van der Waals surface area contributed by atoms with Crippen molar-refractivity contribution in [2.24, 2.45) is 0 Å². The van der Waals surface area contributed by atoms with Gasteiger partial charge in [0.25, 0.3) is 8.32 Å². The normalized spacial score (nSPS) is 26.3. The molecule has 2 heterocycles. The Morgan fingerprint density at radius 2 is 1.36 bits per heavy atom. The molecule has 5 rings (SSSR count). The smallest absolute Gasteiger partial charge is 0.261 e. The molecule has 0 N–H and O–H groups in total. The summed E-state index contributed by atoms with van der Waals surface area (Å²) >= 11 is 0. The third-order valence-corrected chi connectivity index (χ3v) is 12.7. The number of fused-ring (bicyclic) bond motifs is 1. The number of ether oxygens (including phenoxy) is 4. The van der Waals surface area contributed by atoms with Crippen molar-refractivity contribution in [3.05, 3.63) is 109 Å². The molecule has 0 spiro atoms. The van der Waals surface area contributed by atoms with Crippen LogP contribution in [-0.2, 0) is 29.2 Å². The lowest BCUT2D eigenvalue weighted by atomic mass is 9.97. The van der Waals surface area contributed by atoms with E-state index in [1.165, 1.54) is 10.4 Å². The van der Waals surface area contributed by atoms with E-state index in [0.29, 0.717) is 13.2 Å². The van der Waals surface area contributed by atoms with Crippen LogP contribution in [0.4, 0.5) is 0 Å². The molecule has 2 fully saturated rings.